The average molecular weight is 500 g/mol. The smallest absolute Gasteiger partial charge is 0.309 e. The molecule has 6 atom stereocenters. The number of hydrogen-bond donors (Lipinski definition) is 2. The van der Waals surface area contributed by atoms with Crippen molar-refractivity contribution in [2.75, 3.05) is 0 Å². The van der Waals surface area contributed by atoms with Crippen LogP contribution in [0.4, 0.5) is 0 Å². The van der Waals surface area contributed by atoms with Crippen LogP contribution in [0.3, 0.4) is 0 Å². The van der Waals surface area contributed by atoms with Crippen molar-refractivity contribution in [2.45, 2.75) is 90.6 Å². The summed E-state index contributed by atoms with van der Waals surface area (Å²) in [6, 6.07) is 5.92. The number of pyridine rings is 1. The van der Waals surface area contributed by atoms with Crippen LogP contribution < -0.4 is 0 Å². The fourth-order valence-electron chi connectivity index (χ4n) is 4.14. The van der Waals surface area contributed by atoms with Crippen LogP contribution in [0.1, 0.15) is 66.0 Å². The molecule has 1 aliphatic rings. The lowest BCUT2D eigenvalue weighted by atomic mass is 9.88. The molecule has 1 aromatic heterocycles. The first kappa shape index (κ1) is 29.5. The van der Waals surface area contributed by atoms with Crippen molar-refractivity contribution < 1.29 is 29.3 Å². The number of allylic oxidation sites excluding steroid dienone is 3. The third-order valence-electron chi connectivity index (χ3n) is 6.45. The molecule has 0 radical (unpaired) electrons. The summed E-state index contributed by atoms with van der Waals surface area (Å²) in [5, 5.41) is 21.2. The Hall–Kier alpha value is -2.77. The van der Waals surface area contributed by atoms with Crippen LogP contribution in [0.15, 0.2) is 60.3 Å². The van der Waals surface area contributed by atoms with Gasteiger partial charge in [0.1, 0.15) is 17.8 Å². The molecule has 0 aliphatic carbocycles. The number of aliphatic hydroxyl groups excluding tert-OH is 1. The van der Waals surface area contributed by atoms with Crippen LogP contribution in [0.25, 0.3) is 0 Å². The van der Waals surface area contributed by atoms with Gasteiger partial charge in [-0.05, 0) is 69.2 Å². The second-order valence-electron chi connectivity index (χ2n) is 10.1. The number of nitrogens with zero attached hydrogens (tertiary/aromatic N) is 1. The van der Waals surface area contributed by atoms with E-state index in [1.807, 2.05) is 44.2 Å². The van der Waals surface area contributed by atoms with Crippen molar-refractivity contribution in [3.8, 4) is 0 Å². The quantitative estimate of drug-likeness (QED) is 0.324. The van der Waals surface area contributed by atoms with Gasteiger partial charge in [0.25, 0.3) is 0 Å². The van der Waals surface area contributed by atoms with Crippen LogP contribution >= 0.6 is 0 Å². The molecule has 0 fully saturated rings. The van der Waals surface area contributed by atoms with E-state index in [2.05, 4.69) is 18.0 Å². The molecule has 7 nitrogen and oxygen atoms in total. The molecular formula is C29H41NO6. The fourth-order valence-corrected chi connectivity index (χ4v) is 4.14. The summed E-state index contributed by atoms with van der Waals surface area (Å²) in [6.45, 7) is 8.79. The number of aliphatic hydroxyl groups is 2. The average Bonchev–Trinajstić information content (AvgIpc) is 2.82. The number of aromatic nitrogens is 1. The van der Waals surface area contributed by atoms with Gasteiger partial charge in [0, 0.05) is 24.7 Å². The highest BCUT2D eigenvalue weighted by molar-refractivity contribution is 5.70. The number of carbonyl (C=O) groups is 2. The number of carbonyl (C=O) groups excluding carboxylic acids is 2. The molecular weight excluding hydrogens is 458 g/mol. The van der Waals surface area contributed by atoms with E-state index in [0.717, 1.165) is 24.1 Å². The van der Waals surface area contributed by atoms with E-state index >= 15 is 0 Å². The van der Waals surface area contributed by atoms with Gasteiger partial charge in [-0.15, -0.1) is 0 Å². The van der Waals surface area contributed by atoms with E-state index in [0.29, 0.717) is 5.92 Å². The standard InChI is InChI=1S/C29H41NO6/c1-20(12-14-24-11-6-7-18-30-24)9-8-10-21(2)28-22(3)13-15-26(35-23(4)31)29(5,34)17-16-25(32)19-27(33)36-28/h6-11,13,15,18,20,22,25-26,28,32,34H,12,14,16-17,19H2,1-5H3/b9-8+,15-13-,21-10+/t20?,22-,25-,26-,28+,29-/m0/s1. The lowest BCUT2D eigenvalue weighted by Gasteiger charge is -2.32. The molecule has 36 heavy (non-hydrogen) atoms. The minimum absolute atomic E-state index is 0.157. The minimum Gasteiger partial charge on any atom is -0.457 e. The van der Waals surface area contributed by atoms with Gasteiger partial charge in [0.15, 0.2) is 0 Å². The van der Waals surface area contributed by atoms with E-state index in [1.165, 1.54) is 6.92 Å². The van der Waals surface area contributed by atoms with E-state index in [-0.39, 0.29) is 25.2 Å². The van der Waals surface area contributed by atoms with Crippen molar-refractivity contribution in [2.24, 2.45) is 11.8 Å². The van der Waals surface area contributed by atoms with Gasteiger partial charge in [0.2, 0.25) is 0 Å². The van der Waals surface area contributed by atoms with E-state index < -0.39 is 35.9 Å². The molecule has 0 aromatic carbocycles. The zero-order chi connectivity index (χ0) is 26.7. The Morgan fingerprint density at radius 3 is 2.75 bits per heavy atom. The maximum atomic E-state index is 12.6. The molecule has 2 N–H and O–H groups in total. The lowest BCUT2D eigenvalue weighted by Crippen LogP contribution is -2.42. The maximum absolute atomic E-state index is 12.6. The first-order chi connectivity index (χ1) is 17.0. The summed E-state index contributed by atoms with van der Waals surface area (Å²) in [7, 11) is 0. The Kier molecular flexibility index (Phi) is 11.5. The second-order valence-corrected chi connectivity index (χ2v) is 10.1. The molecule has 0 saturated carbocycles. The van der Waals surface area contributed by atoms with Gasteiger partial charge >= 0.3 is 11.9 Å². The molecule has 1 unspecified atom stereocenters. The van der Waals surface area contributed by atoms with E-state index in [4.69, 9.17) is 9.47 Å². The van der Waals surface area contributed by atoms with E-state index in [9.17, 15) is 19.8 Å². The zero-order valence-corrected chi connectivity index (χ0v) is 22.1. The fraction of sp³-hybridized carbons (Fsp3) is 0.552. The van der Waals surface area contributed by atoms with Gasteiger partial charge in [-0.1, -0.05) is 44.2 Å². The number of esters is 2. The SMILES string of the molecule is CC(=O)O[C@H]1/C=C\[C@H](C)[C@@H](/C(C)=C/C=C/C(C)CCc2ccccn2)OC(=O)C[C@@H](O)CC[C@]1(C)O. The van der Waals surface area contributed by atoms with Crippen LogP contribution in [0.2, 0.25) is 0 Å². The number of cyclic esters (lactones) is 1. The lowest BCUT2D eigenvalue weighted by molar-refractivity contribution is -0.157. The Morgan fingerprint density at radius 2 is 2.08 bits per heavy atom. The van der Waals surface area contributed by atoms with Crippen molar-refractivity contribution >= 4 is 11.9 Å². The van der Waals surface area contributed by atoms with Crippen LogP contribution in [0, 0.1) is 11.8 Å². The molecule has 2 heterocycles. The molecule has 0 spiro atoms. The summed E-state index contributed by atoms with van der Waals surface area (Å²) in [6.07, 6.45) is 10.9. The molecule has 1 aliphatic heterocycles. The first-order valence-electron chi connectivity index (χ1n) is 12.7. The largest absolute Gasteiger partial charge is 0.457 e. The highest BCUT2D eigenvalue weighted by Gasteiger charge is 2.35. The van der Waals surface area contributed by atoms with Gasteiger partial charge in [-0.2, -0.15) is 0 Å². The van der Waals surface area contributed by atoms with Gasteiger partial charge in [-0.25, -0.2) is 0 Å². The Morgan fingerprint density at radius 1 is 1.33 bits per heavy atom. The number of hydrogen-bond acceptors (Lipinski definition) is 7. The third kappa shape index (κ3) is 10.1. The van der Waals surface area contributed by atoms with Crippen molar-refractivity contribution in [1.29, 1.82) is 0 Å². The number of aryl methyl sites for hydroxylation is 1. The monoisotopic (exact) mass is 499 g/mol. The normalized spacial score (nSPS) is 30.1. The van der Waals surface area contributed by atoms with Crippen LogP contribution in [0.5, 0.6) is 0 Å². The van der Waals surface area contributed by atoms with Gasteiger partial charge < -0.3 is 19.7 Å². The second kappa shape index (κ2) is 14.1. The zero-order valence-electron chi connectivity index (χ0n) is 22.1. The maximum Gasteiger partial charge on any atom is 0.309 e. The Bertz CT molecular complexity index is 936. The molecule has 0 saturated heterocycles. The highest BCUT2D eigenvalue weighted by Crippen LogP contribution is 2.27. The Labute approximate surface area is 214 Å². The summed E-state index contributed by atoms with van der Waals surface area (Å²) in [4.78, 5) is 28.5. The minimum atomic E-state index is -1.39. The number of rotatable bonds is 7. The number of ether oxygens (including phenoxy) is 2. The van der Waals surface area contributed by atoms with Crippen LogP contribution in [-0.2, 0) is 25.5 Å². The van der Waals surface area contributed by atoms with Gasteiger partial charge in [-0.3, -0.25) is 14.6 Å². The summed E-state index contributed by atoms with van der Waals surface area (Å²) >= 11 is 0. The van der Waals surface area contributed by atoms with Gasteiger partial charge in [0.05, 0.1) is 12.5 Å². The van der Waals surface area contributed by atoms with Crippen molar-refractivity contribution in [1.82, 2.24) is 4.98 Å². The van der Waals surface area contributed by atoms with Crippen molar-refractivity contribution in [3.05, 3.63) is 66.0 Å². The van der Waals surface area contributed by atoms with E-state index in [1.54, 1.807) is 25.3 Å². The van der Waals surface area contributed by atoms with Crippen LogP contribution in [-0.4, -0.2) is 51.0 Å². The van der Waals surface area contributed by atoms with Crippen molar-refractivity contribution in [3.63, 3.8) is 0 Å². The summed E-state index contributed by atoms with van der Waals surface area (Å²) < 4.78 is 11.1. The molecule has 1 aromatic rings. The highest BCUT2D eigenvalue weighted by atomic mass is 16.6. The topological polar surface area (TPSA) is 106 Å². The molecule has 7 heteroatoms. The summed E-state index contributed by atoms with van der Waals surface area (Å²) in [5.74, 6) is -0.920. The summed E-state index contributed by atoms with van der Waals surface area (Å²) in [5.41, 5.74) is 0.523. The Balaban J connectivity index is 2.17. The predicted molar refractivity (Wildman–Crippen MR) is 139 cm³/mol. The molecule has 0 amide bonds. The first-order valence-corrected chi connectivity index (χ1v) is 12.7. The third-order valence-corrected chi connectivity index (χ3v) is 6.45. The molecule has 0 bridgehead atoms. The predicted octanol–water partition coefficient (Wildman–Crippen LogP) is 4.48. The molecule has 2 rings (SSSR count). The molecule has 198 valence electrons.